The van der Waals surface area contributed by atoms with Crippen LogP contribution in [0.3, 0.4) is 0 Å². The maximum atomic E-state index is 5.66. The Labute approximate surface area is 151 Å². The Morgan fingerprint density at radius 3 is 2.35 bits per heavy atom. The van der Waals surface area contributed by atoms with Crippen molar-refractivity contribution in [3.8, 4) is 22.6 Å². The van der Waals surface area contributed by atoms with Crippen LogP contribution < -0.4 is 9.47 Å². The molecule has 0 radical (unpaired) electrons. The molecule has 0 aromatic heterocycles. The van der Waals surface area contributed by atoms with E-state index in [1.54, 1.807) is 0 Å². The fourth-order valence-electron chi connectivity index (χ4n) is 4.42. The Kier molecular flexibility index (Phi) is 2.75. The molecule has 124 valence electrons. The van der Waals surface area contributed by atoms with Gasteiger partial charge in [0.1, 0.15) is 0 Å². The monoisotopic (exact) mass is 336 g/mol. The molecule has 6 rings (SSSR count). The highest BCUT2D eigenvalue weighted by Crippen LogP contribution is 2.51. The van der Waals surface area contributed by atoms with E-state index in [0.717, 1.165) is 11.5 Å². The lowest BCUT2D eigenvalue weighted by Crippen LogP contribution is -1.99. The van der Waals surface area contributed by atoms with Gasteiger partial charge in [-0.3, -0.25) is 0 Å². The number of hydrogen-bond donors (Lipinski definition) is 0. The topological polar surface area (TPSA) is 18.5 Å². The molecule has 0 N–H and O–H groups in total. The molecule has 2 aliphatic rings. The van der Waals surface area contributed by atoms with E-state index in [0.29, 0.717) is 6.79 Å². The molecule has 1 aliphatic carbocycles. The van der Waals surface area contributed by atoms with Crippen molar-refractivity contribution in [1.29, 1.82) is 0 Å². The van der Waals surface area contributed by atoms with Crippen LogP contribution in [0.15, 0.2) is 78.9 Å². The minimum atomic E-state index is 0.242. The van der Waals surface area contributed by atoms with Crippen molar-refractivity contribution in [2.24, 2.45) is 0 Å². The van der Waals surface area contributed by atoms with Crippen LogP contribution in [0, 0.1) is 0 Å². The summed E-state index contributed by atoms with van der Waals surface area (Å²) in [7, 11) is 0. The van der Waals surface area contributed by atoms with Crippen LogP contribution in [-0.4, -0.2) is 6.79 Å². The SMILES string of the molecule is c1ccc(C2c3ccccc3-c3ccc4cc5c(cc4c32)OCO5)cc1. The van der Waals surface area contributed by atoms with Crippen LogP contribution in [0.25, 0.3) is 21.9 Å². The molecule has 4 aromatic carbocycles. The molecule has 0 fully saturated rings. The van der Waals surface area contributed by atoms with Crippen LogP contribution in [0.4, 0.5) is 0 Å². The second kappa shape index (κ2) is 5.12. The van der Waals surface area contributed by atoms with E-state index in [-0.39, 0.29) is 5.92 Å². The first kappa shape index (κ1) is 14.0. The lowest BCUT2D eigenvalue weighted by atomic mass is 9.86. The van der Waals surface area contributed by atoms with E-state index in [1.165, 1.54) is 38.6 Å². The van der Waals surface area contributed by atoms with Gasteiger partial charge >= 0.3 is 0 Å². The van der Waals surface area contributed by atoms with Crippen molar-refractivity contribution in [3.05, 3.63) is 95.6 Å². The second-order valence-electron chi connectivity index (χ2n) is 6.88. The third-order valence-electron chi connectivity index (χ3n) is 5.54. The van der Waals surface area contributed by atoms with Crippen molar-refractivity contribution in [3.63, 3.8) is 0 Å². The van der Waals surface area contributed by atoms with Crippen molar-refractivity contribution in [2.75, 3.05) is 6.79 Å². The summed E-state index contributed by atoms with van der Waals surface area (Å²) >= 11 is 0. The molecule has 1 unspecified atom stereocenters. The molecule has 0 saturated carbocycles. The zero-order valence-corrected chi connectivity index (χ0v) is 14.1. The van der Waals surface area contributed by atoms with Crippen LogP contribution >= 0.6 is 0 Å². The van der Waals surface area contributed by atoms with E-state index >= 15 is 0 Å². The Bertz CT molecular complexity index is 1160. The zero-order chi connectivity index (χ0) is 17.1. The van der Waals surface area contributed by atoms with Gasteiger partial charge in [-0.15, -0.1) is 0 Å². The van der Waals surface area contributed by atoms with Crippen molar-refractivity contribution in [1.82, 2.24) is 0 Å². The molecule has 2 nitrogen and oxygen atoms in total. The molecule has 2 heteroatoms. The van der Waals surface area contributed by atoms with Crippen LogP contribution in [0.1, 0.15) is 22.6 Å². The Hall–Kier alpha value is -3.26. The molecular weight excluding hydrogens is 320 g/mol. The predicted molar refractivity (Wildman–Crippen MR) is 103 cm³/mol. The average molecular weight is 336 g/mol. The molecule has 1 aliphatic heterocycles. The number of ether oxygens (including phenoxy) is 2. The first-order valence-corrected chi connectivity index (χ1v) is 8.91. The van der Waals surface area contributed by atoms with Gasteiger partial charge in [-0.05, 0) is 50.7 Å². The van der Waals surface area contributed by atoms with E-state index in [2.05, 4.69) is 78.9 Å². The molecule has 0 spiro atoms. The molecule has 1 heterocycles. The molecule has 0 saturated heterocycles. The lowest BCUT2D eigenvalue weighted by molar-refractivity contribution is 0.174. The quantitative estimate of drug-likeness (QED) is 0.389. The van der Waals surface area contributed by atoms with E-state index in [9.17, 15) is 0 Å². The summed E-state index contributed by atoms with van der Waals surface area (Å²) in [4.78, 5) is 0. The Morgan fingerprint density at radius 2 is 1.46 bits per heavy atom. The van der Waals surface area contributed by atoms with Crippen molar-refractivity contribution >= 4 is 10.8 Å². The highest BCUT2D eigenvalue weighted by atomic mass is 16.7. The molecular formula is C24H16O2. The normalized spacial score (nSPS) is 16.5. The van der Waals surface area contributed by atoms with Gasteiger partial charge in [0.2, 0.25) is 6.79 Å². The summed E-state index contributed by atoms with van der Waals surface area (Å²) in [5.41, 5.74) is 6.72. The molecule has 26 heavy (non-hydrogen) atoms. The largest absolute Gasteiger partial charge is 0.454 e. The van der Waals surface area contributed by atoms with E-state index < -0.39 is 0 Å². The number of hydrogen-bond acceptors (Lipinski definition) is 2. The summed E-state index contributed by atoms with van der Waals surface area (Å²) < 4.78 is 11.2. The van der Waals surface area contributed by atoms with Gasteiger partial charge in [0, 0.05) is 5.92 Å². The highest BCUT2D eigenvalue weighted by Gasteiger charge is 2.32. The minimum absolute atomic E-state index is 0.242. The fourth-order valence-corrected chi connectivity index (χ4v) is 4.42. The minimum Gasteiger partial charge on any atom is -0.454 e. The summed E-state index contributed by atoms with van der Waals surface area (Å²) in [5, 5.41) is 2.44. The number of fused-ring (bicyclic) bond motifs is 6. The van der Waals surface area contributed by atoms with Gasteiger partial charge in [-0.1, -0.05) is 66.7 Å². The van der Waals surface area contributed by atoms with Gasteiger partial charge in [-0.2, -0.15) is 0 Å². The van der Waals surface area contributed by atoms with Gasteiger partial charge in [-0.25, -0.2) is 0 Å². The fraction of sp³-hybridized carbons (Fsp3) is 0.0833. The average Bonchev–Trinajstić information content (AvgIpc) is 3.28. The number of rotatable bonds is 1. The van der Waals surface area contributed by atoms with Gasteiger partial charge < -0.3 is 9.47 Å². The van der Waals surface area contributed by atoms with Crippen LogP contribution in [-0.2, 0) is 0 Å². The Balaban J connectivity index is 1.72. The summed E-state index contributed by atoms with van der Waals surface area (Å²) in [6.07, 6.45) is 0. The summed E-state index contributed by atoms with van der Waals surface area (Å²) in [6, 6.07) is 28.2. The van der Waals surface area contributed by atoms with Gasteiger partial charge in [0.05, 0.1) is 0 Å². The van der Waals surface area contributed by atoms with E-state index in [1.807, 2.05) is 0 Å². The first-order valence-electron chi connectivity index (χ1n) is 8.91. The summed E-state index contributed by atoms with van der Waals surface area (Å²) in [6.45, 7) is 0.302. The van der Waals surface area contributed by atoms with Crippen LogP contribution in [0.5, 0.6) is 11.5 Å². The van der Waals surface area contributed by atoms with E-state index in [4.69, 9.17) is 9.47 Å². The standard InChI is InChI=1S/C24H16O2/c1-2-6-15(7-3-1)23-18-9-5-4-8-17(18)19-11-10-16-12-21-22(26-14-25-21)13-20(16)24(19)23/h1-13,23H,14H2. The second-order valence-corrected chi connectivity index (χ2v) is 6.88. The molecule has 0 amide bonds. The molecule has 1 atom stereocenters. The van der Waals surface area contributed by atoms with Crippen molar-refractivity contribution < 1.29 is 9.47 Å². The zero-order valence-electron chi connectivity index (χ0n) is 14.1. The molecule has 4 aromatic rings. The van der Waals surface area contributed by atoms with Crippen molar-refractivity contribution in [2.45, 2.75) is 5.92 Å². The molecule has 0 bridgehead atoms. The first-order chi connectivity index (χ1) is 12.9. The third-order valence-corrected chi connectivity index (χ3v) is 5.54. The maximum absolute atomic E-state index is 5.66. The maximum Gasteiger partial charge on any atom is 0.231 e. The Morgan fingerprint density at radius 1 is 0.692 bits per heavy atom. The number of benzene rings is 4. The van der Waals surface area contributed by atoms with Gasteiger partial charge in [0.25, 0.3) is 0 Å². The summed E-state index contributed by atoms with van der Waals surface area (Å²) in [5.74, 6) is 1.92. The van der Waals surface area contributed by atoms with Gasteiger partial charge in [0.15, 0.2) is 11.5 Å². The smallest absolute Gasteiger partial charge is 0.231 e. The van der Waals surface area contributed by atoms with Crippen LogP contribution in [0.2, 0.25) is 0 Å². The lowest BCUT2D eigenvalue weighted by Gasteiger charge is -2.16. The predicted octanol–water partition coefficient (Wildman–Crippen LogP) is 5.73. The third kappa shape index (κ3) is 1.81. The highest BCUT2D eigenvalue weighted by molar-refractivity contribution is 5.98.